The highest BCUT2D eigenvalue weighted by Crippen LogP contribution is 2.28. The number of nitrogens with zero attached hydrogens (tertiary/aromatic N) is 3. The molecule has 1 aliphatic rings. The quantitative estimate of drug-likeness (QED) is 0.0581. The number of quaternary nitrogens is 2. The molecule has 11 nitrogen and oxygen atoms in total. The molecule has 0 saturated carbocycles. The molecule has 1 saturated heterocycles. The molecule has 0 spiro atoms. The number of hydrogen-bond donors (Lipinski definition) is 3. The summed E-state index contributed by atoms with van der Waals surface area (Å²) in [5, 5.41) is 6.08. The Morgan fingerprint density at radius 1 is 0.632 bits per heavy atom. The van der Waals surface area contributed by atoms with Gasteiger partial charge in [0.1, 0.15) is 47.7 Å². The van der Waals surface area contributed by atoms with E-state index in [0.717, 1.165) is 84.3 Å². The average molecular weight is 931 g/mol. The minimum atomic E-state index is -0.306. The van der Waals surface area contributed by atoms with Crippen molar-refractivity contribution in [1.82, 2.24) is 20.6 Å². The van der Waals surface area contributed by atoms with Gasteiger partial charge in [-0.15, -0.1) is 0 Å². The fraction of sp³-hybridized carbons (Fsp3) is 0.345. The Kier molecular flexibility index (Phi) is 20.6. The van der Waals surface area contributed by atoms with Crippen LogP contribution in [0.4, 0.5) is 8.78 Å². The van der Waals surface area contributed by atoms with Crippen LogP contribution < -0.4 is 25.0 Å². The molecule has 0 bridgehead atoms. The molecule has 2 aromatic heterocycles. The molecule has 0 aliphatic carbocycles. The van der Waals surface area contributed by atoms with Crippen LogP contribution in [0.2, 0.25) is 0 Å². The Labute approximate surface area is 401 Å². The van der Waals surface area contributed by atoms with Crippen molar-refractivity contribution < 1.29 is 42.0 Å². The third kappa shape index (κ3) is 17.0. The molecule has 0 radical (unpaired) electrons. The van der Waals surface area contributed by atoms with Gasteiger partial charge in [-0.2, -0.15) is 0 Å². The van der Waals surface area contributed by atoms with Crippen molar-refractivity contribution in [2.75, 3.05) is 73.1 Å². The summed E-state index contributed by atoms with van der Waals surface area (Å²) >= 11 is 0. The second kappa shape index (κ2) is 26.7. The van der Waals surface area contributed by atoms with Crippen LogP contribution in [0.3, 0.4) is 0 Å². The number of pyridine rings is 2. The standard InChI is InChI=1S/C27H32FN3O2.C26H28FN3O3.C2H6/c1-4-5-6-16-31(3)17-15-29-27(32)22-18-20(2)30-26(19-22)21-7-11-24(12-8-21)33-25-13-9-23(28)10-14-25;1-19-17-21(26(31)28-11-12-30(2)13-15-32-16-14-30)18-25(29-19)20-3-7-23(8-4-20)33-24-9-5-22(27)6-10-24;1-2/h7-14,18-19H,4-6,15-17H2,1-3H3,(H,29,32);3-10,17-18H,11-16H2,1-2H3;1-2H3/p+2. The van der Waals surface area contributed by atoms with E-state index in [1.54, 1.807) is 30.3 Å². The van der Waals surface area contributed by atoms with E-state index >= 15 is 0 Å². The molecule has 6 aromatic rings. The fourth-order valence-electron chi connectivity index (χ4n) is 7.40. The summed E-state index contributed by atoms with van der Waals surface area (Å²) in [7, 11) is 4.37. The molecule has 1 fully saturated rings. The number of rotatable bonds is 18. The van der Waals surface area contributed by atoms with Crippen molar-refractivity contribution >= 4 is 11.8 Å². The Bertz CT molecular complexity index is 2480. The lowest BCUT2D eigenvalue weighted by atomic mass is 10.1. The van der Waals surface area contributed by atoms with Gasteiger partial charge in [-0.1, -0.05) is 27.2 Å². The molecular formula is C55H68F2N6O5+2. The van der Waals surface area contributed by atoms with Gasteiger partial charge >= 0.3 is 0 Å². The number of amides is 2. The summed E-state index contributed by atoms with van der Waals surface area (Å²) in [6, 6.07) is 33.9. The highest BCUT2D eigenvalue weighted by atomic mass is 19.1. The van der Waals surface area contributed by atoms with Crippen LogP contribution in [-0.4, -0.2) is 99.4 Å². The molecule has 13 heteroatoms. The van der Waals surface area contributed by atoms with Crippen LogP contribution in [-0.2, 0) is 4.74 Å². The van der Waals surface area contributed by atoms with Gasteiger partial charge in [0, 0.05) is 33.6 Å². The number of hydrogen-bond acceptors (Lipinski definition) is 7. The summed E-state index contributed by atoms with van der Waals surface area (Å²) in [5.74, 6) is 1.61. The van der Waals surface area contributed by atoms with Crippen molar-refractivity contribution in [1.29, 1.82) is 0 Å². The number of carbonyl (C=O) groups excluding carboxylic acids is 2. The van der Waals surface area contributed by atoms with E-state index in [2.05, 4.69) is 41.6 Å². The third-order valence-electron chi connectivity index (χ3n) is 11.4. The van der Waals surface area contributed by atoms with E-state index in [9.17, 15) is 18.4 Å². The van der Waals surface area contributed by atoms with Gasteiger partial charge in [0.05, 0.1) is 71.4 Å². The lowest BCUT2D eigenvalue weighted by molar-refractivity contribution is -0.915. The molecule has 3 N–H and O–H groups in total. The first kappa shape index (κ1) is 52.4. The van der Waals surface area contributed by atoms with E-state index in [-0.39, 0.29) is 23.4 Å². The van der Waals surface area contributed by atoms with Gasteiger partial charge in [-0.3, -0.25) is 19.6 Å². The maximum atomic E-state index is 13.1. The van der Waals surface area contributed by atoms with Gasteiger partial charge in [0.2, 0.25) is 0 Å². The summed E-state index contributed by atoms with van der Waals surface area (Å²) in [4.78, 5) is 36.1. The number of nitrogens with one attached hydrogen (secondary N) is 3. The summed E-state index contributed by atoms with van der Waals surface area (Å²) < 4.78 is 44.0. The SMILES string of the molecule is CC.CCCCC[NH+](C)CCNC(=O)c1cc(C)nc(-c2ccc(Oc3ccc(F)cc3)cc2)c1.Cc1cc(C(=O)NCC[N+]2(C)CCOCC2)cc(-c2ccc(Oc3ccc(F)cc3)cc2)n1. The van der Waals surface area contributed by atoms with E-state index in [1.807, 2.05) is 94.4 Å². The molecule has 360 valence electrons. The number of aromatic nitrogens is 2. The first-order chi connectivity index (χ1) is 32.8. The minimum absolute atomic E-state index is 0.0839. The molecule has 1 unspecified atom stereocenters. The van der Waals surface area contributed by atoms with Crippen molar-refractivity contribution in [2.45, 2.75) is 53.9 Å². The molecule has 1 aliphatic heterocycles. The normalized spacial score (nSPS) is 13.1. The number of likely N-dealkylation sites (N-methyl/N-ethyl adjacent to an activating group) is 2. The van der Waals surface area contributed by atoms with Gasteiger partial charge < -0.3 is 34.2 Å². The molecule has 2 amide bonds. The van der Waals surface area contributed by atoms with Crippen LogP contribution in [0, 0.1) is 25.5 Å². The monoisotopic (exact) mass is 931 g/mol. The van der Waals surface area contributed by atoms with Crippen LogP contribution in [0.1, 0.15) is 72.1 Å². The van der Waals surface area contributed by atoms with Crippen LogP contribution in [0.5, 0.6) is 23.0 Å². The maximum absolute atomic E-state index is 13.1. The highest BCUT2D eigenvalue weighted by Gasteiger charge is 2.25. The molecule has 68 heavy (non-hydrogen) atoms. The number of morpholine rings is 1. The maximum Gasteiger partial charge on any atom is 0.251 e. The first-order valence-corrected chi connectivity index (χ1v) is 23.7. The average Bonchev–Trinajstić information content (AvgIpc) is 3.34. The van der Waals surface area contributed by atoms with Crippen molar-refractivity contribution in [2.24, 2.45) is 0 Å². The number of aryl methyl sites for hydroxylation is 2. The van der Waals surface area contributed by atoms with Crippen LogP contribution in [0.25, 0.3) is 22.5 Å². The Morgan fingerprint density at radius 2 is 1.04 bits per heavy atom. The topological polar surface area (TPSA) is 116 Å². The third-order valence-corrected chi connectivity index (χ3v) is 11.4. The Morgan fingerprint density at radius 3 is 1.47 bits per heavy atom. The van der Waals surface area contributed by atoms with Crippen LogP contribution in [0.15, 0.2) is 121 Å². The minimum Gasteiger partial charge on any atom is -0.457 e. The van der Waals surface area contributed by atoms with E-state index < -0.39 is 0 Å². The zero-order valence-corrected chi connectivity index (χ0v) is 40.7. The first-order valence-electron chi connectivity index (χ1n) is 23.7. The largest absolute Gasteiger partial charge is 0.457 e. The second-order valence-corrected chi connectivity index (χ2v) is 17.0. The second-order valence-electron chi connectivity index (χ2n) is 17.0. The lowest BCUT2D eigenvalue weighted by Gasteiger charge is -2.37. The van der Waals surface area contributed by atoms with Gasteiger partial charge in [0.15, 0.2) is 0 Å². The molecule has 7 rings (SSSR count). The number of ether oxygens (including phenoxy) is 3. The van der Waals surface area contributed by atoms with Gasteiger partial charge in [0.25, 0.3) is 11.8 Å². The summed E-state index contributed by atoms with van der Waals surface area (Å²) in [6.45, 7) is 17.6. The predicted molar refractivity (Wildman–Crippen MR) is 266 cm³/mol. The van der Waals surface area contributed by atoms with Crippen molar-refractivity contribution in [3.8, 4) is 45.5 Å². The van der Waals surface area contributed by atoms with E-state index in [1.165, 1.54) is 48.4 Å². The summed E-state index contributed by atoms with van der Waals surface area (Å²) in [6.07, 6.45) is 3.69. The molecule has 3 heterocycles. The fourth-order valence-corrected chi connectivity index (χ4v) is 7.40. The molecular weight excluding hydrogens is 863 g/mol. The van der Waals surface area contributed by atoms with Crippen molar-refractivity contribution in [3.63, 3.8) is 0 Å². The van der Waals surface area contributed by atoms with Crippen molar-refractivity contribution in [3.05, 3.63) is 155 Å². The Hall–Kier alpha value is -6.54. The number of halogens is 2. The number of benzene rings is 4. The predicted octanol–water partition coefficient (Wildman–Crippen LogP) is 9.64. The van der Waals surface area contributed by atoms with E-state index in [0.29, 0.717) is 47.2 Å². The van der Waals surface area contributed by atoms with Crippen LogP contribution >= 0.6 is 0 Å². The zero-order valence-electron chi connectivity index (χ0n) is 40.7. The van der Waals surface area contributed by atoms with Gasteiger partial charge in [-0.05, 0) is 148 Å². The highest BCUT2D eigenvalue weighted by molar-refractivity contribution is 5.96. The summed E-state index contributed by atoms with van der Waals surface area (Å²) in [5.41, 5.74) is 5.98. The molecule has 1 atom stereocenters. The smallest absolute Gasteiger partial charge is 0.251 e. The van der Waals surface area contributed by atoms with Gasteiger partial charge in [-0.25, -0.2) is 8.78 Å². The number of unbranched alkanes of at least 4 members (excludes halogenated alkanes) is 2. The Balaban J connectivity index is 0.000000245. The lowest BCUT2D eigenvalue weighted by Crippen LogP contribution is -3.09. The van der Waals surface area contributed by atoms with E-state index in [4.69, 9.17) is 14.2 Å². The molecule has 4 aromatic carbocycles. The number of carbonyl (C=O) groups is 2. The zero-order chi connectivity index (χ0) is 48.9.